The summed E-state index contributed by atoms with van der Waals surface area (Å²) >= 11 is 0. The monoisotopic (exact) mass is 437 g/mol. The number of carbonyl (C=O) groups is 1. The number of sulfonamides is 1. The molecule has 0 bridgehead atoms. The Kier molecular flexibility index (Phi) is 7.57. The summed E-state index contributed by atoms with van der Waals surface area (Å²) in [5, 5.41) is 8.14. The van der Waals surface area contributed by atoms with E-state index in [1.54, 1.807) is 12.1 Å². The molecule has 31 heavy (non-hydrogen) atoms. The summed E-state index contributed by atoms with van der Waals surface area (Å²) < 4.78 is 22.8. The van der Waals surface area contributed by atoms with Crippen LogP contribution in [0.25, 0.3) is 0 Å². The number of nitrogens with two attached hydrogens (primary N) is 1. The Hall–Kier alpha value is -3.00. The first kappa shape index (κ1) is 22.7. The minimum Gasteiger partial charge on any atom is -0.348 e. The number of hydrogen-bond acceptors (Lipinski definition) is 4. The van der Waals surface area contributed by atoms with Gasteiger partial charge in [0.05, 0.1) is 17.5 Å². The van der Waals surface area contributed by atoms with Crippen LogP contribution in [-0.4, -0.2) is 25.8 Å². The predicted molar refractivity (Wildman–Crippen MR) is 121 cm³/mol. The van der Waals surface area contributed by atoms with Gasteiger partial charge in [0.15, 0.2) is 0 Å². The number of rotatable bonds is 9. The number of carbonyl (C=O) groups excluding carboxylic acids is 1. The van der Waals surface area contributed by atoms with Crippen LogP contribution < -0.4 is 10.5 Å². The molecule has 3 aromatic rings. The minimum atomic E-state index is -3.74. The molecule has 0 aliphatic rings. The normalized spacial score (nSPS) is 12.5. The summed E-state index contributed by atoms with van der Waals surface area (Å²) in [6.45, 7) is 3.41. The third kappa shape index (κ3) is 7.03. The van der Waals surface area contributed by atoms with Crippen molar-refractivity contribution in [1.82, 2.24) is 10.2 Å². The van der Waals surface area contributed by atoms with Gasteiger partial charge in [-0.1, -0.05) is 72.8 Å². The van der Waals surface area contributed by atoms with E-state index in [0.29, 0.717) is 13.1 Å². The van der Waals surface area contributed by atoms with Crippen LogP contribution in [0.1, 0.15) is 29.7 Å². The van der Waals surface area contributed by atoms with E-state index in [4.69, 9.17) is 5.14 Å². The van der Waals surface area contributed by atoms with Crippen LogP contribution in [0.15, 0.2) is 89.8 Å². The maximum atomic E-state index is 12.8. The fourth-order valence-corrected chi connectivity index (χ4v) is 3.89. The Labute approximate surface area is 183 Å². The van der Waals surface area contributed by atoms with Crippen LogP contribution in [0.3, 0.4) is 0 Å². The third-order valence-electron chi connectivity index (χ3n) is 4.95. The average molecular weight is 438 g/mol. The number of benzene rings is 3. The van der Waals surface area contributed by atoms with Gasteiger partial charge in [-0.25, -0.2) is 13.6 Å². The van der Waals surface area contributed by atoms with Crippen LogP contribution in [0.5, 0.6) is 0 Å². The van der Waals surface area contributed by atoms with E-state index >= 15 is 0 Å². The lowest BCUT2D eigenvalue weighted by atomic mass is 10.1. The van der Waals surface area contributed by atoms with Crippen LogP contribution >= 0.6 is 0 Å². The van der Waals surface area contributed by atoms with Gasteiger partial charge in [0.2, 0.25) is 15.9 Å². The van der Waals surface area contributed by atoms with Crippen molar-refractivity contribution in [2.24, 2.45) is 5.14 Å². The van der Waals surface area contributed by atoms with Crippen molar-refractivity contribution < 1.29 is 13.2 Å². The highest BCUT2D eigenvalue weighted by Gasteiger charge is 2.16. The van der Waals surface area contributed by atoms with E-state index in [1.165, 1.54) is 12.1 Å². The molecule has 0 aliphatic heterocycles. The molecule has 0 aromatic heterocycles. The summed E-state index contributed by atoms with van der Waals surface area (Å²) in [5.41, 5.74) is 3.08. The Morgan fingerprint density at radius 2 is 1.35 bits per heavy atom. The largest absolute Gasteiger partial charge is 0.348 e. The number of nitrogens with zero attached hydrogens (tertiary/aromatic N) is 1. The first-order valence-corrected chi connectivity index (χ1v) is 11.6. The fraction of sp³-hybridized carbons (Fsp3) is 0.208. The topological polar surface area (TPSA) is 92.5 Å². The standard InChI is InChI=1S/C24H27N3O3S/c1-19(22-12-14-23(15-13-22)31(25,29)30)26-24(28)18-27(16-20-8-4-2-5-9-20)17-21-10-6-3-7-11-21/h2-15,19H,16-18H2,1H3,(H,26,28)(H2,25,29,30). The maximum absolute atomic E-state index is 12.8. The molecular weight excluding hydrogens is 410 g/mol. The van der Waals surface area contributed by atoms with E-state index in [0.717, 1.165) is 16.7 Å². The molecule has 1 atom stereocenters. The molecule has 0 heterocycles. The van der Waals surface area contributed by atoms with Crippen molar-refractivity contribution in [3.05, 3.63) is 102 Å². The molecule has 0 fully saturated rings. The second-order valence-corrected chi connectivity index (χ2v) is 9.08. The van der Waals surface area contributed by atoms with Crippen molar-refractivity contribution in [3.8, 4) is 0 Å². The van der Waals surface area contributed by atoms with Crippen LogP contribution in [0, 0.1) is 0 Å². The second-order valence-electron chi connectivity index (χ2n) is 7.52. The van der Waals surface area contributed by atoms with E-state index in [-0.39, 0.29) is 23.4 Å². The highest BCUT2D eigenvalue weighted by atomic mass is 32.2. The first-order chi connectivity index (χ1) is 14.8. The molecular formula is C24H27N3O3S. The van der Waals surface area contributed by atoms with E-state index in [2.05, 4.69) is 10.2 Å². The van der Waals surface area contributed by atoms with Gasteiger partial charge in [-0.2, -0.15) is 0 Å². The first-order valence-electron chi connectivity index (χ1n) is 10.0. The average Bonchev–Trinajstić information content (AvgIpc) is 2.74. The zero-order chi connectivity index (χ0) is 22.3. The van der Waals surface area contributed by atoms with Crippen LogP contribution in [0.2, 0.25) is 0 Å². The minimum absolute atomic E-state index is 0.0478. The summed E-state index contributed by atoms with van der Waals surface area (Å²) in [5.74, 6) is -0.102. The lowest BCUT2D eigenvalue weighted by Crippen LogP contribution is -2.37. The molecule has 0 aliphatic carbocycles. The smallest absolute Gasteiger partial charge is 0.238 e. The van der Waals surface area contributed by atoms with Gasteiger partial charge >= 0.3 is 0 Å². The van der Waals surface area contributed by atoms with Gasteiger partial charge in [-0.3, -0.25) is 9.69 Å². The summed E-state index contributed by atoms with van der Waals surface area (Å²) in [7, 11) is -3.74. The molecule has 3 aromatic carbocycles. The highest BCUT2D eigenvalue weighted by molar-refractivity contribution is 7.89. The second kappa shape index (κ2) is 10.3. The summed E-state index contributed by atoms with van der Waals surface area (Å²) in [6, 6.07) is 26.0. The number of primary sulfonamides is 1. The number of amides is 1. The maximum Gasteiger partial charge on any atom is 0.238 e. The Bertz CT molecular complexity index is 1040. The van der Waals surface area contributed by atoms with Crippen molar-refractivity contribution in [2.75, 3.05) is 6.54 Å². The molecule has 3 N–H and O–H groups in total. The molecule has 0 saturated heterocycles. The van der Waals surface area contributed by atoms with Crippen molar-refractivity contribution in [3.63, 3.8) is 0 Å². The zero-order valence-electron chi connectivity index (χ0n) is 17.4. The summed E-state index contributed by atoms with van der Waals surface area (Å²) in [4.78, 5) is 14.9. The van der Waals surface area contributed by atoms with E-state index in [9.17, 15) is 13.2 Å². The zero-order valence-corrected chi connectivity index (χ0v) is 18.3. The predicted octanol–water partition coefficient (Wildman–Crippen LogP) is 3.21. The van der Waals surface area contributed by atoms with Crippen molar-refractivity contribution in [1.29, 1.82) is 0 Å². The van der Waals surface area contributed by atoms with Gasteiger partial charge < -0.3 is 5.32 Å². The van der Waals surface area contributed by atoms with Gasteiger partial charge in [0.25, 0.3) is 0 Å². The van der Waals surface area contributed by atoms with Crippen LogP contribution in [-0.2, 0) is 27.9 Å². The molecule has 0 radical (unpaired) electrons. The fourth-order valence-electron chi connectivity index (χ4n) is 3.37. The van der Waals surface area contributed by atoms with Gasteiger partial charge in [0.1, 0.15) is 0 Å². The third-order valence-corrected chi connectivity index (χ3v) is 5.88. The van der Waals surface area contributed by atoms with Gasteiger partial charge in [0, 0.05) is 13.1 Å². The van der Waals surface area contributed by atoms with E-state index < -0.39 is 10.0 Å². The van der Waals surface area contributed by atoms with E-state index in [1.807, 2.05) is 67.6 Å². The Balaban J connectivity index is 1.66. The molecule has 6 nitrogen and oxygen atoms in total. The molecule has 1 amide bonds. The van der Waals surface area contributed by atoms with Gasteiger partial charge in [-0.05, 0) is 35.7 Å². The molecule has 0 saturated carbocycles. The lowest BCUT2D eigenvalue weighted by molar-refractivity contribution is -0.123. The van der Waals surface area contributed by atoms with Crippen LogP contribution in [0.4, 0.5) is 0 Å². The van der Waals surface area contributed by atoms with Crippen molar-refractivity contribution in [2.45, 2.75) is 31.0 Å². The molecule has 1 unspecified atom stereocenters. The molecule has 3 rings (SSSR count). The Morgan fingerprint density at radius 1 is 0.871 bits per heavy atom. The quantitative estimate of drug-likeness (QED) is 0.538. The van der Waals surface area contributed by atoms with Gasteiger partial charge in [-0.15, -0.1) is 0 Å². The molecule has 162 valence electrons. The highest BCUT2D eigenvalue weighted by Crippen LogP contribution is 2.16. The lowest BCUT2D eigenvalue weighted by Gasteiger charge is -2.23. The summed E-state index contributed by atoms with van der Waals surface area (Å²) in [6.07, 6.45) is 0. The number of nitrogens with one attached hydrogen (secondary N) is 1. The number of hydrogen-bond donors (Lipinski definition) is 2. The van der Waals surface area contributed by atoms with Crippen molar-refractivity contribution >= 4 is 15.9 Å². The molecule has 7 heteroatoms. The SMILES string of the molecule is CC(NC(=O)CN(Cc1ccccc1)Cc1ccccc1)c1ccc(S(N)(=O)=O)cc1. The molecule has 0 spiro atoms. The Morgan fingerprint density at radius 3 is 1.81 bits per heavy atom.